The van der Waals surface area contributed by atoms with E-state index in [4.69, 9.17) is 16.3 Å². The van der Waals surface area contributed by atoms with Gasteiger partial charge >= 0.3 is 0 Å². The molecule has 2 unspecified atom stereocenters. The Morgan fingerprint density at radius 3 is 3.06 bits per heavy atom. The number of nitrogens with one attached hydrogen (secondary N) is 1. The summed E-state index contributed by atoms with van der Waals surface area (Å²) < 4.78 is 5.84. The Kier molecular flexibility index (Phi) is 3.95. The average molecular weight is 254 g/mol. The van der Waals surface area contributed by atoms with Crippen molar-refractivity contribution in [2.75, 3.05) is 11.9 Å². The zero-order valence-electron chi connectivity index (χ0n) is 10.5. The largest absolute Gasteiger partial charge is 0.382 e. The van der Waals surface area contributed by atoms with Gasteiger partial charge in [0.1, 0.15) is 0 Å². The zero-order chi connectivity index (χ0) is 12.3. The van der Waals surface area contributed by atoms with Crippen LogP contribution in [0.15, 0.2) is 24.3 Å². The minimum Gasteiger partial charge on any atom is -0.382 e. The van der Waals surface area contributed by atoms with E-state index in [9.17, 15) is 0 Å². The van der Waals surface area contributed by atoms with Gasteiger partial charge in [-0.3, -0.25) is 0 Å². The van der Waals surface area contributed by atoms with Crippen LogP contribution in [0.3, 0.4) is 0 Å². The molecule has 0 saturated carbocycles. The maximum atomic E-state index is 5.98. The lowest BCUT2D eigenvalue weighted by Crippen LogP contribution is -2.41. The van der Waals surface area contributed by atoms with Gasteiger partial charge in [-0.25, -0.2) is 0 Å². The third kappa shape index (κ3) is 3.36. The van der Waals surface area contributed by atoms with Gasteiger partial charge in [0.15, 0.2) is 0 Å². The predicted octanol–water partition coefficient (Wildman–Crippen LogP) is 4.10. The van der Waals surface area contributed by atoms with Crippen LogP contribution >= 0.6 is 11.6 Å². The van der Waals surface area contributed by atoms with Crippen LogP contribution in [0.25, 0.3) is 0 Å². The summed E-state index contributed by atoms with van der Waals surface area (Å²) in [6.07, 6.45) is 3.17. The highest BCUT2D eigenvalue weighted by Crippen LogP contribution is 2.29. The van der Waals surface area contributed by atoms with E-state index in [1.54, 1.807) is 0 Å². The van der Waals surface area contributed by atoms with Crippen LogP contribution < -0.4 is 5.32 Å². The van der Waals surface area contributed by atoms with Crippen LogP contribution in [0, 0.1) is 0 Å². The first kappa shape index (κ1) is 12.7. The normalized spacial score (nSPS) is 29.0. The van der Waals surface area contributed by atoms with Gasteiger partial charge in [-0.2, -0.15) is 0 Å². The summed E-state index contributed by atoms with van der Waals surface area (Å²) in [7, 11) is 0. The van der Waals surface area contributed by atoms with Crippen molar-refractivity contribution in [3.8, 4) is 0 Å². The minimum atomic E-state index is 0.0223. The zero-order valence-corrected chi connectivity index (χ0v) is 11.3. The van der Waals surface area contributed by atoms with Crippen molar-refractivity contribution in [2.24, 2.45) is 0 Å². The van der Waals surface area contributed by atoms with Gasteiger partial charge < -0.3 is 10.1 Å². The van der Waals surface area contributed by atoms with Crippen LogP contribution in [0.2, 0.25) is 5.02 Å². The SMILES string of the molecule is CCC1(C)CC(Nc2cccc(Cl)c2)CCO1. The molecule has 1 aromatic carbocycles. The van der Waals surface area contributed by atoms with Gasteiger partial charge in [0.05, 0.1) is 5.60 Å². The van der Waals surface area contributed by atoms with Crippen molar-refractivity contribution in [3.63, 3.8) is 0 Å². The maximum Gasteiger partial charge on any atom is 0.0671 e. The molecule has 1 fully saturated rings. The molecule has 0 spiro atoms. The molecule has 1 saturated heterocycles. The van der Waals surface area contributed by atoms with Crippen LogP contribution in [-0.2, 0) is 4.74 Å². The summed E-state index contributed by atoms with van der Waals surface area (Å²) in [5, 5.41) is 4.32. The standard InChI is InChI=1S/C14H20ClNO/c1-3-14(2)10-13(7-8-17-14)16-12-6-4-5-11(15)9-12/h4-6,9,13,16H,3,7-8,10H2,1-2H3. The topological polar surface area (TPSA) is 21.3 Å². The smallest absolute Gasteiger partial charge is 0.0671 e. The van der Waals surface area contributed by atoms with Gasteiger partial charge in [-0.05, 0) is 44.4 Å². The molecule has 0 aromatic heterocycles. The number of anilines is 1. The Balaban J connectivity index is 1.99. The van der Waals surface area contributed by atoms with Gasteiger partial charge in [-0.1, -0.05) is 24.6 Å². The second kappa shape index (κ2) is 5.28. The van der Waals surface area contributed by atoms with Crippen molar-refractivity contribution in [1.82, 2.24) is 0 Å². The molecule has 17 heavy (non-hydrogen) atoms. The highest BCUT2D eigenvalue weighted by molar-refractivity contribution is 6.30. The van der Waals surface area contributed by atoms with Crippen molar-refractivity contribution in [1.29, 1.82) is 0 Å². The molecule has 2 atom stereocenters. The average Bonchev–Trinajstić information content (AvgIpc) is 2.29. The van der Waals surface area contributed by atoms with E-state index in [-0.39, 0.29) is 5.60 Å². The van der Waals surface area contributed by atoms with Crippen LogP contribution in [-0.4, -0.2) is 18.2 Å². The van der Waals surface area contributed by atoms with E-state index >= 15 is 0 Å². The molecule has 1 aromatic rings. The fourth-order valence-corrected chi connectivity index (χ4v) is 2.50. The number of ether oxygens (including phenoxy) is 1. The molecule has 3 heteroatoms. The third-order valence-corrected chi connectivity index (χ3v) is 3.77. The lowest BCUT2D eigenvalue weighted by Gasteiger charge is -2.38. The predicted molar refractivity (Wildman–Crippen MR) is 72.7 cm³/mol. The van der Waals surface area contributed by atoms with Crippen LogP contribution in [0.5, 0.6) is 0 Å². The van der Waals surface area contributed by atoms with Crippen molar-refractivity contribution >= 4 is 17.3 Å². The van der Waals surface area contributed by atoms with E-state index in [0.717, 1.165) is 36.6 Å². The van der Waals surface area contributed by atoms with Gasteiger partial charge in [0, 0.05) is 23.4 Å². The number of rotatable bonds is 3. The maximum absolute atomic E-state index is 5.98. The summed E-state index contributed by atoms with van der Waals surface area (Å²) in [6.45, 7) is 5.21. The van der Waals surface area contributed by atoms with E-state index in [0.29, 0.717) is 6.04 Å². The molecule has 0 aliphatic carbocycles. The molecule has 0 bridgehead atoms. The quantitative estimate of drug-likeness (QED) is 0.876. The first-order valence-corrected chi connectivity index (χ1v) is 6.65. The highest BCUT2D eigenvalue weighted by atomic mass is 35.5. The Labute approximate surface area is 108 Å². The molecule has 2 nitrogen and oxygen atoms in total. The number of hydrogen-bond acceptors (Lipinski definition) is 2. The molecule has 1 aliphatic rings. The summed E-state index contributed by atoms with van der Waals surface area (Å²) in [6, 6.07) is 8.38. The molecule has 0 amide bonds. The van der Waals surface area contributed by atoms with Crippen molar-refractivity contribution < 1.29 is 4.74 Å². The Bertz CT molecular complexity index is 382. The van der Waals surface area contributed by atoms with Crippen molar-refractivity contribution in [3.05, 3.63) is 29.3 Å². The van der Waals surface area contributed by atoms with Crippen LogP contribution in [0.4, 0.5) is 5.69 Å². The highest BCUT2D eigenvalue weighted by Gasteiger charge is 2.31. The Morgan fingerprint density at radius 2 is 2.35 bits per heavy atom. The fourth-order valence-electron chi connectivity index (χ4n) is 2.31. The van der Waals surface area contributed by atoms with Gasteiger partial charge in [-0.15, -0.1) is 0 Å². The number of benzene rings is 1. The first-order valence-electron chi connectivity index (χ1n) is 6.27. The monoisotopic (exact) mass is 253 g/mol. The molecule has 1 N–H and O–H groups in total. The van der Waals surface area contributed by atoms with E-state index < -0.39 is 0 Å². The second-order valence-electron chi connectivity index (χ2n) is 5.00. The van der Waals surface area contributed by atoms with Crippen molar-refractivity contribution in [2.45, 2.75) is 44.8 Å². The molecule has 1 heterocycles. The fraction of sp³-hybridized carbons (Fsp3) is 0.571. The summed E-state index contributed by atoms with van der Waals surface area (Å²) in [5.41, 5.74) is 1.12. The van der Waals surface area contributed by atoms with E-state index in [1.165, 1.54) is 0 Å². The lowest BCUT2D eigenvalue weighted by atomic mass is 9.90. The summed E-state index contributed by atoms with van der Waals surface area (Å²) in [4.78, 5) is 0. The van der Waals surface area contributed by atoms with Gasteiger partial charge in [0.25, 0.3) is 0 Å². The second-order valence-corrected chi connectivity index (χ2v) is 5.43. The minimum absolute atomic E-state index is 0.0223. The molecule has 2 rings (SSSR count). The molecular weight excluding hydrogens is 234 g/mol. The van der Waals surface area contributed by atoms with Crippen LogP contribution in [0.1, 0.15) is 33.1 Å². The Hall–Kier alpha value is -0.730. The van der Waals surface area contributed by atoms with E-state index in [2.05, 4.69) is 25.2 Å². The number of halogens is 1. The molecule has 1 aliphatic heterocycles. The third-order valence-electron chi connectivity index (χ3n) is 3.54. The summed E-state index contributed by atoms with van der Waals surface area (Å²) >= 11 is 5.98. The molecule has 94 valence electrons. The number of hydrogen-bond donors (Lipinski definition) is 1. The van der Waals surface area contributed by atoms with Gasteiger partial charge in [0.2, 0.25) is 0 Å². The Morgan fingerprint density at radius 1 is 1.53 bits per heavy atom. The molecule has 0 radical (unpaired) electrons. The van der Waals surface area contributed by atoms with E-state index in [1.807, 2.05) is 18.2 Å². The lowest BCUT2D eigenvalue weighted by molar-refractivity contribution is -0.0708. The summed E-state index contributed by atoms with van der Waals surface area (Å²) in [5.74, 6) is 0. The molecular formula is C14H20ClNO. The first-order chi connectivity index (χ1) is 8.11.